The number of aliphatic hydroxyl groups is 1. The van der Waals surface area contributed by atoms with E-state index in [9.17, 15) is 9.50 Å². The van der Waals surface area contributed by atoms with E-state index in [2.05, 4.69) is 4.98 Å². The standard InChI is InChI=1S/C15H13FN2O/c1-10-2-4-11(5-3-10)15-13(9-19)18-8-12(16)6-7-14(18)17-15/h2-8,19H,9H2,1H3. The first-order valence-electron chi connectivity index (χ1n) is 6.03. The Bertz CT molecular complexity index is 732. The monoisotopic (exact) mass is 256 g/mol. The fourth-order valence-corrected chi connectivity index (χ4v) is 2.16. The summed E-state index contributed by atoms with van der Waals surface area (Å²) in [4.78, 5) is 4.46. The first-order chi connectivity index (χ1) is 9.19. The average molecular weight is 256 g/mol. The van der Waals surface area contributed by atoms with Crippen LogP contribution in [0, 0.1) is 12.7 Å². The zero-order valence-corrected chi connectivity index (χ0v) is 10.5. The highest BCUT2D eigenvalue weighted by molar-refractivity contribution is 5.66. The van der Waals surface area contributed by atoms with Crippen LogP contribution in [0.3, 0.4) is 0 Å². The van der Waals surface area contributed by atoms with E-state index in [4.69, 9.17) is 0 Å². The van der Waals surface area contributed by atoms with Crippen LogP contribution in [-0.4, -0.2) is 14.5 Å². The quantitative estimate of drug-likeness (QED) is 0.765. The van der Waals surface area contributed by atoms with Crippen molar-refractivity contribution in [2.24, 2.45) is 0 Å². The van der Waals surface area contributed by atoms with Crippen LogP contribution in [0.2, 0.25) is 0 Å². The van der Waals surface area contributed by atoms with Gasteiger partial charge in [0.05, 0.1) is 18.0 Å². The molecule has 96 valence electrons. The highest BCUT2D eigenvalue weighted by Gasteiger charge is 2.13. The van der Waals surface area contributed by atoms with Gasteiger partial charge in [0, 0.05) is 11.8 Å². The molecule has 0 saturated carbocycles. The van der Waals surface area contributed by atoms with E-state index in [1.54, 1.807) is 10.5 Å². The van der Waals surface area contributed by atoms with Crippen molar-refractivity contribution in [3.63, 3.8) is 0 Å². The second-order valence-electron chi connectivity index (χ2n) is 4.51. The second kappa shape index (κ2) is 4.48. The van der Waals surface area contributed by atoms with Crippen LogP contribution in [0.15, 0.2) is 42.6 Å². The van der Waals surface area contributed by atoms with E-state index >= 15 is 0 Å². The van der Waals surface area contributed by atoms with Crippen LogP contribution in [0.5, 0.6) is 0 Å². The van der Waals surface area contributed by atoms with Gasteiger partial charge in [-0.25, -0.2) is 9.37 Å². The molecule has 0 bridgehead atoms. The van der Waals surface area contributed by atoms with Crippen molar-refractivity contribution < 1.29 is 9.50 Å². The molecule has 0 aliphatic carbocycles. The third kappa shape index (κ3) is 2.00. The molecule has 0 saturated heterocycles. The maximum absolute atomic E-state index is 13.3. The molecule has 0 radical (unpaired) electrons. The highest BCUT2D eigenvalue weighted by atomic mass is 19.1. The fraction of sp³-hybridized carbons (Fsp3) is 0.133. The molecule has 0 aliphatic rings. The van der Waals surface area contributed by atoms with Crippen molar-refractivity contribution in [1.82, 2.24) is 9.38 Å². The minimum Gasteiger partial charge on any atom is -0.390 e. The largest absolute Gasteiger partial charge is 0.390 e. The molecule has 2 heterocycles. The Balaban J connectivity index is 2.25. The number of aliphatic hydroxyl groups excluding tert-OH is 1. The van der Waals surface area contributed by atoms with Crippen molar-refractivity contribution >= 4 is 5.65 Å². The van der Waals surface area contributed by atoms with E-state index < -0.39 is 0 Å². The van der Waals surface area contributed by atoms with Gasteiger partial charge in [0.1, 0.15) is 11.5 Å². The Kier molecular flexibility index (Phi) is 2.80. The number of benzene rings is 1. The van der Waals surface area contributed by atoms with Crippen LogP contribution in [0.25, 0.3) is 16.9 Å². The average Bonchev–Trinajstić information content (AvgIpc) is 2.77. The SMILES string of the molecule is Cc1ccc(-c2nc3ccc(F)cn3c2CO)cc1. The molecule has 1 N–H and O–H groups in total. The maximum Gasteiger partial charge on any atom is 0.139 e. The molecule has 2 aromatic heterocycles. The lowest BCUT2D eigenvalue weighted by Gasteiger charge is -2.02. The molecule has 1 aromatic carbocycles. The number of aryl methyl sites for hydroxylation is 1. The van der Waals surface area contributed by atoms with Crippen molar-refractivity contribution in [2.75, 3.05) is 0 Å². The molecular formula is C15H13FN2O. The van der Waals surface area contributed by atoms with E-state index in [1.807, 2.05) is 31.2 Å². The third-order valence-corrected chi connectivity index (χ3v) is 3.16. The van der Waals surface area contributed by atoms with Crippen LogP contribution < -0.4 is 0 Å². The van der Waals surface area contributed by atoms with Crippen molar-refractivity contribution in [3.05, 3.63) is 59.7 Å². The summed E-state index contributed by atoms with van der Waals surface area (Å²) >= 11 is 0. The van der Waals surface area contributed by atoms with E-state index in [0.29, 0.717) is 17.0 Å². The Morgan fingerprint density at radius 2 is 1.89 bits per heavy atom. The zero-order chi connectivity index (χ0) is 13.4. The predicted molar refractivity (Wildman–Crippen MR) is 71.2 cm³/mol. The smallest absolute Gasteiger partial charge is 0.139 e. The van der Waals surface area contributed by atoms with Gasteiger partial charge in [-0.15, -0.1) is 0 Å². The number of fused-ring (bicyclic) bond motifs is 1. The van der Waals surface area contributed by atoms with Crippen LogP contribution in [-0.2, 0) is 6.61 Å². The molecule has 0 amide bonds. The summed E-state index contributed by atoms with van der Waals surface area (Å²) in [6.45, 7) is 1.82. The summed E-state index contributed by atoms with van der Waals surface area (Å²) < 4.78 is 14.9. The molecule has 0 aliphatic heterocycles. The van der Waals surface area contributed by atoms with Crippen molar-refractivity contribution in [1.29, 1.82) is 0 Å². The van der Waals surface area contributed by atoms with Gasteiger partial charge in [-0.2, -0.15) is 0 Å². The summed E-state index contributed by atoms with van der Waals surface area (Å²) in [6, 6.07) is 10.8. The number of aromatic nitrogens is 2. The molecule has 3 rings (SSSR count). The van der Waals surface area contributed by atoms with Gasteiger partial charge in [-0.3, -0.25) is 4.40 Å². The number of hydrogen-bond acceptors (Lipinski definition) is 2. The van der Waals surface area contributed by atoms with Gasteiger partial charge in [0.15, 0.2) is 0 Å². The Morgan fingerprint density at radius 1 is 1.16 bits per heavy atom. The highest BCUT2D eigenvalue weighted by Crippen LogP contribution is 2.25. The van der Waals surface area contributed by atoms with E-state index in [-0.39, 0.29) is 12.4 Å². The maximum atomic E-state index is 13.3. The predicted octanol–water partition coefficient (Wildman–Crippen LogP) is 2.94. The number of nitrogens with zero attached hydrogens (tertiary/aromatic N) is 2. The molecule has 4 heteroatoms. The lowest BCUT2D eigenvalue weighted by molar-refractivity contribution is 0.276. The molecular weight excluding hydrogens is 243 g/mol. The lowest BCUT2D eigenvalue weighted by Crippen LogP contribution is -1.95. The number of pyridine rings is 1. The lowest BCUT2D eigenvalue weighted by atomic mass is 10.1. The number of halogens is 1. The summed E-state index contributed by atoms with van der Waals surface area (Å²) in [7, 11) is 0. The fourth-order valence-electron chi connectivity index (χ4n) is 2.16. The molecule has 0 fully saturated rings. The van der Waals surface area contributed by atoms with Crippen LogP contribution in [0.4, 0.5) is 4.39 Å². The molecule has 19 heavy (non-hydrogen) atoms. The number of imidazole rings is 1. The number of rotatable bonds is 2. The van der Waals surface area contributed by atoms with Crippen LogP contribution >= 0.6 is 0 Å². The second-order valence-corrected chi connectivity index (χ2v) is 4.51. The minimum absolute atomic E-state index is 0.187. The molecule has 0 spiro atoms. The van der Waals surface area contributed by atoms with Crippen LogP contribution in [0.1, 0.15) is 11.3 Å². The first kappa shape index (κ1) is 11.9. The minimum atomic E-state index is -0.352. The topological polar surface area (TPSA) is 37.5 Å². The van der Waals surface area contributed by atoms with Gasteiger partial charge in [-0.05, 0) is 19.1 Å². The molecule has 0 unspecified atom stereocenters. The van der Waals surface area contributed by atoms with Gasteiger partial charge in [0.25, 0.3) is 0 Å². The van der Waals surface area contributed by atoms with Gasteiger partial charge < -0.3 is 5.11 Å². The third-order valence-electron chi connectivity index (χ3n) is 3.16. The van der Waals surface area contributed by atoms with Crippen molar-refractivity contribution in [2.45, 2.75) is 13.5 Å². The Labute approximate surface area is 110 Å². The van der Waals surface area contributed by atoms with Gasteiger partial charge in [0.2, 0.25) is 0 Å². The van der Waals surface area contributed by atoms with Gasteiger partial charge in [-0.1, -0.05) is 29.8 Å². The summed E-state index contributed by atoms with van der Waals surface area (Å²) in [5.74, 6) is -0.352. The summed E-state index contributed by atoms with van der Waals surface area (Å²) in [6.07, 6.45) is 1.34. The Hall–Kier alpha value is -2.20. The number of hydrogen-bond donors (Lipinski definition) is 1. The first-order valence-corrected chi connectivity index (χ1v) is 6.03. The normalized spacial score (nSPS) is 11.1. The zero-order valence-electron chi connectivity index (χ0n) is 10.5. The Morgan fingerprint density at radius 3 is 2.58 bits per heavy atom. The molecule has 3 nitrogen and oxygen atoms in total. The summed E-state index contributed by atoms with van der Waals surface area (Å²) in [5, 5.41) is 9.53. The molecule has 0 atom stereocenters. The van der Waals surface area contributed by atoms with E-state index in [1.165, 1.54) is 12.3 Å². The summed E-state index contributed by atoms with van der Waals surface area (Å²) in [5.41, 5.74) is 3.98. The molecule has 3 aromatic rings. The van der Waals surface area contributed by atoms with E-state index in [0.717, 1.165) is 11.1 Å². The van der Waals surface area contributed by atoms with Crippen molar-refractivity contribution in [3.8, 4) is 11.3 Å². The van der Waals surface area contributed by atoms with Gasteiger partial charge >= 0.3 is 0 Å².